The first-order valence-electron chi connectivity index (χ1n) is 8.13. The van der Waals surface area contributed by atoms with Crippen LogP contribution < -0.4 is 10.6 Å². The summed E-state index contributed by atoms with van der Waals surface area (Å²) in [6.45, 7) is 3.81. The fourth-order valence-electron chi connectivity index (χ4n) is 2.64. The van der Waals surface area contributed by atoms with Crippen molar-refractivity contribution in [2.24, 2.45) is 0 Å². The molecule has 9 nitrogen and oxygen atoms in total. The van der Waals surface area contributed by atoms with E-state index >= 15 is 0 Å². The molecule has 3 N–H and O–H groups in total. The Morgan fingerprint density at radius 1 is 1.29 bits per heavy atom. The van der Waals surface area contributed by atoms with Crippen LogP contribution in [0.4, 0.5) is 4.79 Å². The molecule has 2 unspecified atom stereocenters. The van der Waals surface area contributed by atoms with Crippen LogP contribution >= 0.6 is 0 Å². The van der Waals surface area contributed by atoms with Gasteiger partial charge in [0.05, 0.1) is 6.61 Å². The zero-order valence-electron chi connectivity index (χ0n) is 14.0. The molecule has 24 heavy (non-hydrogen) atoms. The third-order valence-electron chi connectivity index (χ3n) is 3.73. The smallest absolute Gasteiger partial charge is 0.405 e. The van der Waals surface area contributed by atoms with Crippen LogP contribution in [0, 0.1) is 0 Å². The molecule has 1 heterocycles. The summed E-state index contributed by atoms with van der Waals surface area (Å²) in [6.07, 6.45) is 0.973. The van der Waals surface area contributed by atoms with Crippen molar-refractivity contribution in [3.63, 3.8) is 0 Å². The second kappa shape index (κ2) is 9.74. The van der Waals surface area contributed by atoms with Gasteiger partial charge in [0.1, 0.15) is 18.6 Å². The number of ether oxygens (including phenoxy) is 1. The van der Waals surface area contributed by atoms with Crippen molar-refractivity contribution in [3.8, 4) is 0 Å². The Morgan fingerprint density at radius 3 is 2.58 bits per heavy atom. The molecule has 1 saturated heterocycles. The van der Waals surface area contributed by atoms with E-state index in [0.717, 1.165) is 0 Å². The number of nitrogens with one attached hydrogen (secondary N) is 2. The average molecular weight is 343 g/mol. The van der Waals surface area contributed by atoms with E-state index in [1.165, 1.54) is 4.90 Å². The highest BCUT2D eigenvalue weighted by atomic mass is 16.5. The van der Waals surface area contributed by atoms with E-state index in [0.29, 0.717) is 32.2 Å². The Kier molecular flexibility index (Phi) is 8.00. The topological polar surface area (TPSA) is 125 Å². The molecule has 0 spiro atoms. The number of amides is 3. The quantitative estimate of drug-likeness (QED) is 0.537. The van der Waals surface area contributed by atoms with Crippen LogP contribution in [-0.2, 0) is 19.1 Å². The van der Waals surface area contributed by atoms with Gasteiger partial charge in [-0.25, -0.2) is 9.59 Å². The van der Waals surface area contributed by atoms with Gasteiger partial charge in [-0.3, -0.25) is 9.59 Å². The number of hydrogen-bond donors (Lipinski definition) is 3. The van der Waals surface area contributed by atoms with Crippen molar-refractivity contribution >= 4 is 23.9 Å². The lowest BCUT2D eigenvalue weighted by Crippen LogP contribution is -2.52. The molecule has 1 fully saturated rings. The molecule has 136 valence electrons. The number of carbonyl (C=O) groups is 4. The number of esters is 1. The van der Waals surface area contributed by atoms with E-state index in [1.54, 1.807) is 6.92 Å². The van der Waals surface area contributed by atoms with Gasteiger partial charge in [0.25, 0.3) is 0 Å². The fraction of sp³-hybridized carbons (Fsp3) is 0.733. The summed E-state index contributed by atoms with van der Waals surface area (Å²) in [7, 11) is 0. The van der Waals surface area contributed by atoms with Crippen LogP contribution in [0.3, 0.4) is 0 Å². The normalized spacial score (nSPS) is 17.9. The summed E-state index contributed by atoms with van der Waals surface area (Å²) in [4.78, 5) is 48.2. The van der Waals surface area contributed by atoms with E-state index < -0.39 is 36.0 Å². The molecule has 0 radical (unpaired) electrons. The van der Waals surface area contributed by atoms with Gasteiger partial charge >= 0.3 is 12.1 Å². The molecule has 0 aromatic carbocycles. The molecule has 1 aliphatic rings. The van der Waals surface area contributed by atoms with Crippen molar-refractivity contribution in [3.05, 3.63) is 0 Å². The molecule has 0 bridgehead atoms. The van der Waals surface area contributed by atoms with E-state index in [4.69, 9.17) is 9.84 Å². The lowest BCUT2D eigenvalue weighted by atomic mass is 10.1. The number of carbonyl (C=O) groups excluding carboxylic acids is 3. The van der Waals surface area contributed by atoms with E-state index in [9.17, 15) is 19.2 Å². The Hall–Kier alpha value is -2.32. The molecular weight excluding hydrogens is 318 g/mol. The van der Waals surface area contributed by atoms with Gasteiger partial charge in [0.2, 0.25) is 11.8 Å². The van der Waals surface area contributed by atoms with Crippen molar-refractivity contribution in [2.45, 2.75) is 51.6 Å². The second-order valence-electron chi connectivity index (χ2n) is 5.51. The van der Waals surface area contributed by atoms with Crippen LogP contribution in [0.25, 0.3) is 0 Å². The maximum Gasteiger partial charge on any atom is 0.405 e. The first kappa shape index (κ1) is 19.7. The molecule has 0 aromatic rings. The van der Waals surface area contributed by atoms with Crippen molar-refractivity contribution in [2.75, 3.05) is 19.7 Å². The Bertz CT molecular complexity index is 482. The molecule has 1 aliphatic heterocycles. The van der Waals surface area contributed by atoms with Crippen LogP contribution in [0.15, 0.2) is 0 Å². The molecule has 0 saturated carbocycles. The zero-order chi connectivity index (χ0) is 18.1. The minimum atomic E-state index is -1.30. The van der Waals surface area contributed by atoms with Gasteiger partial charge in [-0.1, -0.05) is 13.3 Å². The average Bonchev–Trinajstić information content (AvgIpc) is 3.02. The molecule has 1 rings (SSSR count). The van der Waals surface area contributed by atoms with Gasteiger partial charge in [-0.2, -0.15) is 0 Å². The largest absolute Gasteiger partial charge is 0.465 e. The maximum absolute atomic E-state index is 12.4. The predicted molar refractivity (Wildman–Crippen MR) is 84.2 cm³/mol. The van der Waals surface area contributed by atoms with Crippen LogP contribution in [-0.4, -0.2) is 65.7 Å². The molecular formula is C15H25N3O6. The number of hydrogen-bond acceptors (Lipinski definition) is 5. The molecule has 0 aliphatic carbocycles. The summed E-state index contributed by atoms with van der Waals surface area (Å²) < 4.78 is 4.95. The van der Waals surface area contributed by atoms with E-state index in [1.807, 2.05) is 12.2 Å². The SMILES string of the molecule is CCCC(NC(=O)C1CCCN1C(=O)CNC(=O)O)C(=O)OCC. The molecule has 9 heteroatoms. The fourth-order valence-corrected chi connectivity index (χ4v) is 2.64. The zero-order valence-corrected chi connectivity index (χ0v) is 14.0. The first-order valence-corrected chi connectivity index (χ1v) is 8.13. The Labute approximate surface area is 140 Å². The summed E-state index contributed by atoms with van der Waals surface area (Å²) >= 11 is 0. The minimum Gasteiger partial charge on any atom is -0.465 e. The third-order valence-corrected chi connectivity index (χ3v) is 3.73. The highest BCUT2D eigenvalue weighted by Crippen LogP contribution is 2.18. The minimum absolute atomic E-state index is 0.226. The van der Waals surface area contributed by atoms with Gasteiger partial charge < -0.3 is 25.4 Å². The Balaban J connectivity index is 2.67. The number of likely N-dealkylation sites (tertiary alicyclic amines) is 1. The highest BCUT2D eigenvalue weighted by Gasteiger charge is 2.35. The summed E-state index contributed by atoms with van der Waals surface area (Å²) in [5.41, 5.74) is 0. The highest BCUT2D eigenvalue weighted by molar-refractivity contribution is 5.92. The summed E-state index contributed by atoms with van der Waals surface area (Å²) in [5, 5.41) is 13.2. The molecule has 0 aromatic heterocycles. The van der Waals surface area contributed by atoms with Gasteiger partial charge in [-0.05, 0) is 26.2 Å². The van der Waals surface area contributed by atoms with Gasteiger partial charge in [-0.15, -0.1) is 0 Å². The molecule has 2 atom stereocenters. The van der Waals surface area contributed by atoms with Crippen molar-refractivity contribution < 1.29 is 29.0 Å². The first-order chi connectivity index (χ1) is 11.4. The summed E-state index contributed by atoms with van der Waals surface area (Å²) in [6, 6.07) is -1.43. The van der Waals surface area contributed by atoms with Gasteiger partial charge in [0.15, 0.2) is 0 Å². The van der Waals surface area contributed by atoms with Crippen molar-refractivity contribution in [1.29, 1.82) is 0 Å². The maximum atomic E-state index is 12.4. The third kappa shape index (κ3) is 5.71. The lowest BCUT2D eigenvalue weighted by molar-refractivity contribution is -0.148. The van der Waals surface area contributed by atoms with Crippen LogP contribution in [0.2, 0.25) is 0 Å². The molecule has 3 amide bonds. The second-order valence-corrected chi connectivity index (χ2v) is 5.51. The number of rotatable bonds is 8. The monoisotopic (exact) mass is 343 g/mol. The van der Waals surface area contributed by atoms with Crippen LogP contribution in [0.5, 0.6) is 0 Å². The van der Waals surface area contributed by atoms with Crippen LogP contribution in [0.1, 0.15) is 39.5 Å². The van der Waals surface area contributed by atoms with Crippen molar-refractivity contribution in [1.82, 2.24) is 15.5 Å². The standard InChI is InChI=1S/C15H25N3O6/c1-3-6-10(14(21)24-4-2)17-13(20)11-7-5-8-18(11)12(19)9-16-15(22)23/h10-11,16H,3-9H2,1-2H3,(H,17,20)(H,22,23). The number of carboxylic acid groups (broad SMARTS) is 1. The lowest BCUT2D eigenvalue weighted by Gasteiger charge is -2.26. The Morgan fingerprint density at radius 2 is 2.00 bits per heavy atom. The van der Waals surface area contributed by atoms with E-state index in [-0.39, 0.29) is 13.2 Å². The summed E-state index contributed by atoms with van der Waals surface area (Å²) in [5.74, 6) is -1.36. The van der Waals surface area contributed by atoms with E-state index in [2.05, 4.69) is 5.32 Å². The van der Waals surface area contributed by atoms with Gasteiger partial charge in [0, 0.05) is 6.54 Å². The predicted octanol–water partition coefficient (Wildman–Crippen LogP) is 0.0930. The number of nitrogens with zero attached hydrogens (tertiary/aromatic N) is 1.